The van der Waals surface area contributed by atoms with Crippen molar-refractivity contribution >= 4 is 23.2 Å². The Bertz CT molecular complexity index is 746. The van der Waals surface area contributed by atoms with Crippen LogP contribution in [-0.2, 0) is 0 Å². The molecule has 0 fully saturated rings. The molecule has 6 heteroatoms. The number of nitrogen functional groups attached to an aromatic ring is 1. The first-order valence-corrected chi connectivity index (χ1v) is 8.54. The van der Waals surface area contributed by atoms with E-state index in [0.717, 1.165) is 10.5 Å². The molecule has 0 radical (unpaired) electrons. The van der Waals surface area contributed by atoms with Crippen LogP contribution in [0.1, 0.15) is 15.9 Å². The van der Waals surface area contributed by atoms with Crippen molar-refractivity contribution in [1.82, 2.24) is 0 Å². The summed E-state index contributed by atoms with van der Waals surface area (Å²) >= 11 is 1.52. The lowest BCUT2D eigenvalue weighted by Gasteiger charge is -2.14. The molecule has 0 saturated carbocycles. The van der Waals surface area contributed by atoms with Gasteiger partial charge in [-0.2, -0.15) is 0 Å². The molecule has 0 saturated heterocycles. The Morgan fingerprint density at radius 1 is 1.08 bits per heavy atom. The zero-order valence-electron chi connectivity index (χ0n) is 14.2. The van der Waals surface area contributed by atoms with E-state index < -0.39 is 0 Å². The minimum atomic E-state index is -0.210. The van der Waals surface area contributed by atoms with Crippen LogP contribution in [-0.4, -0.2) is 32.9 Å². The number of anilines is 1. The van der Waals surface area contributed by atoms with E-state index in [-0.39, 0.29) is 12.4 Å². The second kappa shape index (κ2) is 7.97. The second-order valence-corrected chi connectivity index (χ2v) is 6.01. The summed E-state index contributed by atoms with van der Waals surface area (Å²) < 4.78 is 16.2. The summed E-state index contributed by atoms with van der Waals surface area (Å²) in [6.07, 6.45) is 1.93. The summed E-state index contributed by atoms with van der Waals surface area (Å²) in [5.74, 6) is 1.39. The Kier molecular flexibility index (Phi) is 5.98. The van der Waals surface area contributed by atoms with Gasteiger partial charge < -0.3 is 19.9 Å². The van der Waals surface area contributed by atoms with Crippen molar-refractivity contribution in [3.63, 3.8) is 0 Å². The van der Waals surface area contributed by atoms with E-state index in [2.05, 4.69) is 0 Å². The number of hydrogen-bond acceptors (Lipinski definition) is 6. The molecule has 0 atom stereocenters. The predicted molar refractivity (Wildman–Crippen MR) is 96.7 cm³/mol. The zero-order valence-corrected chi connectivity index (χ0v) is 15.0. The fourth-order valence-electron chi connectivity index (χ4n) is 2.27. The van der Waals surface area contributed by atoms with Crippen molar-refractivity contribution in [2.45, 2.75) is 11.8 Å². The third-order valence-corrected chi connectivity index (χ3v) is 4.29. The lowest BCUT2D eigenvalue weighted by molar-refractivity contribution is 0.0918. The number of aryl methyl sites for hydroxylation is 1. The molecule has 0 aliphatic rings. The van der Waals surface area contributed by atoms with Crippen LogP contribution in [0.25, 0.3) is 0 Å². The zero-order chi connectivity index (χ0) is 17.7. The first kappa shape index (κ1) is 18.0. The van der Waals surface area contributed by atoms with Crippen LogP contribution >= 0.6 is 11.8 Å². The maximum Gasteiger partial charge on any atom is 0.204 e. The van der Waals surface area contributed by atoms with Crippen LogP contribution in [0, 0.1) is 6.92 Å². The highest BCUT2D eigenvalue weighted by atomic mass is 32.2. The molecule has 5 nitrogen and oxygen atoms in total. The Morgan fingerprint density at radius 2 is 1.79 bits per heavy atom. The standard InChI is InChI=1S/C18H21NO4S/c1-11-5-6-15(13(19)7-11)23-10-14(20)12-8-17(22-3)18(24-4)9-16(12)21-2/h5-9H,10,19H2,1-4H3. The Morgan fingerprint density at radius 3 is 2.38 bits per heavy atom. The number of ether oxygens (including phenoxy) is 3. The monoisotopic (exact) mass is 347 g/mol. The van der Waals surface area contributed by atoms with Crippen molar-refractivity contribution in [3.05, 3.63) is 41.5 Å². The maximum absolute atomic E-state index is 12.5. The highest BCUT2D eigenvalue weighted by Gasteiger charge is 2.18. The number of Topliss-reactive ketones (excluding diaryl/α,β-unsaturated/α-hetero) is 1. The van der Waals surface area contributed by atoms with Crippen LogP contribution in [0.2, 0.25) is 0 Å². The summed E-state index contributed by atoms with van der Waals surface area (Å²) in [5.41, 5.74) is 7.85. The number of methoxy groups -OCH3 is 2. The molecule has 0 unspecified atom stereocenters. The minimum absolute atomic E-state index is 0.134. The van der Waals surface area contributed by atoms with Gasteiger partial charge in [0.2, 0.25) is 5.78 Å². The quantitative estimate of drug-likeness (QED) is 0.469. The van der Waals surface area contributed by atoms with Crippen LogP contribution in [0.15, 0.2) is 35.2 Å². The SMILES string of the molecule is COc1cc(C(=O)COc2ccc(C)cc2N)c(OC)cc1SC. The molecule has 2 N–H and O–H groups in total. The minimum Gasteiger partial charge on any atom is -0.496 e. The first-order valence-electron chi connectivity index (χ1n) is 7.32. The highest BCUT2D eigenvalue weighted by molar-refractivity contribution is 7.98. The summed E-state index contributed by atoms with van der Waals surface area (Å²) in [4.78, 5) is 13.4. The average Bonchev–Trinajstić information content (AvgIpc) is 2.59. The molecular weight excluding hydrogens is 326 g/mol. The van der Waals surface area contributed by atoms with E-state index in [1.165, 1.54) is 18.9 Å². The molecule has 24 heavy (non-hydrogen) atoms. The van der Waals surface area contributed by atoms with Gasteiger partial charge in [-0.25, -0.2) is 0 Å². The topological polar surface area (TPSA) is 70.8 Å². The number of rotatable bonds is 7. The lowest BCUT2D eigenvalue weighted by atomic mass is 10.1. The number of carbonyl (C=O) groups excluding carboxylic acids is 1. The van der Waals surface area contributed by atoms with E-state index in [4.69, 9.17) is 19.9 Å². The molecule has 0 bridgehead atoms. The molecule has 0 amide bonds. The molecule has 0 spiro atoms. The lowest BCUT2D eigenvalue weighted by Crippen LogP contribution is -2.14. The number of ketones is 1. The number of benzene rings is 2. The Labute approximate surface area is 146 Å². The van der Waals surface area contributed by atoms with E-state index in [1.54, 1.807) is 31.4 Å². The van der Waals surface area contributed by atoms with Crippen LogP contribution < -0.4 is 19.9 Å². The molecular formula is C18H21NO4S. The number of hydrogen-bond donors (Lipinski definition) is 1. The van der Waals surface area contributed by atoms with E-state index >= 15 is 0 Å². The molecule has 2 aromatic rings. The first-order chi connectivity index (χ1) is 11.5. The number of carbonyl (C=O) groups is 1. The molecule has 0 aromatic heterocycles. The Hall–Kier alpha value is -2.34. The number of nitrogens with two attached hydrogens (primary N) is 1. The van der Waals surface area contributed by atoms with Gasteiger partial charge in [-0.05, 0) is 43.0 Å². The Balaban J connectivity index is 2.22. The normalized spacial score (nSPS) is 10.3. The molecule has 128 valence electrons. The molecule has 0 aliphatic carbocycles. The predicted octanol–water partition coefficient (Wildman–Crippen LogP) is 3.58. The van der Waals surface area contributed by atoms with Crippen LogP contribution in [0.5, 0.6) is 17.2 Å². The molecule has 0 heterocycles. The smallest absolute Gasteiger partial charge is 0.204 e. The largest absolute Gasteiger partial charge is 0.496 e. The molecule has 2 rings (SSSR count). The van der Waals surface area contributed by atoms with Gasteiger partial charge >= 0.3 is 0 Å². The van der Waals surface area contributed by atoms with E-state index in [1.807, 2.05) is 19.2 Å². The van der Waals surface area contributed by atoms with Gasteiger partial charge in [-0.3, -0.25) is 4.79 Å². The van der Waals surface area contributed by atoms with Crippen molar-refractivity contribution in [3.8, 4) is 17.2 Å². The van der Waals surface area contributed by atoms with Gasteiger partial charge in [0.05, 0.1) is 30.4 Å². The van der Waals surface area contributed by atoms with Gasteiger partial charge in [0, 0.05) is 0 Å². The van der Waals surface area contributed by atoms with E-state index in [0.29, 0.717) is 28.5 Å². The third-order valence-electron chi connectivity index (χ3n) is 3.53. The fourth-order valence-corrected chi connectivity index (χ4v) is 2.84. The van der Waals surface area contributed by atoms with Crippen molar-refractivity contribution in [2.75, 3.05) is 32.8 Å². The van der Waals surface area contributed by atoms with Gasteiger partial charge in [0.25, 0.3) is 0 Å². The van der Waals surface area contributed by atoms with E-state index in [9.17, 15) is 4.79 Å². The molecule has 2 aromatic carbocycles. The summed E-state index contributed by atoms with van der Waals surface area (Å²) in [5, 5.41) is 0. The molecule has 0 aliphatic heterocycles. The fraction of sp³-hybridized carbons (Fsp3) is 0.278. The summed E-state index contributed by atoms with van der Waals surface area (Å²) in [6, 6.07) is 8.90. The summed E-state index contributed by atoms with van der Waals surface area (Å²) in [6.45, 7) is 1.81. The summed E-state index contributed by atoms with van der Waals surface area (Å²) in [7, 11) is 3.10. The van der Waals surface area contributed by atoms with Gasteiger partial charge in [0.15, 0.2) is 6.61 Å². The van der Waals surface area contributed by atoms with Gasteiger partial charge in [-0.15, -0.1) is 11.8 Å². The van der Waals surface area contributed by atoms with Crippen molar-refractivity contribution < 1.29 is 19.0 Å². The number of thioether (sulfide) groups is 1. The third kappa shape index (κ3) is 3.94. The highest BCUT2D eigenvalue weighted by Crippen LogP contribution is 2.35. The maximum atomic E-state index is 12.5. The van der Waals surface area contributed by atoms with Gasteiger partial charge in [-0.1, -0.05) is 6.07 Å². The average molecular weight is 347 g/mol. The van der Waals surface area contributed by atoms with Crippen molar-refractivity contribution in [2.24, 2.45) is 0 Å². The second-order valence-electron chi connectivity index (χ2n) is 5.16. The van der Waals surface area contributed by atoms with Gasteiger partial charge in [0.1, 0.15) is 17.2 Å². The van der Waals surface area contributed by atoms with Crippen LogP contribution in [0.3, 0.4) is 0 Å². The van der Waals surface area contributed by atoms with Crippen molar-refractivity contribution in [1.29, 1.82) is 0 Å². The van der Waals surface area contributed by atoms with Crippen LogP contribution in [0.4, 0.5) is 5.69 Å².